The zero-order valence-electron chi connectivity index (χ0n) is 29.7. The van der Waals surface area contributed by atoms with Crippen LogP contribution >= 0.6 is 0 Å². The number of hydrogen-bond acceptors (Lipinski definition) is 17. The fourth-order valence-electron chi connectivity index (χ4n) is 7.56. The SMILES string of the molecule is Cc1cc(O)c(-c2cc(=O)c3c(C)cc(O)c([C@@H]4O[C@H](CO)[C@@H](O)[C@H](O)[C@H]4O)c3o2)c(CC(=O)c2c(C)cc(O)c([C@@H]3O[C@H](CO)[C@@H](O)[C@H](O)[C@H]3O)c2O)c1. The fourth-order valence-corrected chi connectivity index (χ4v) is 7.56. The summed E-state index contributed by atoms with van der Waals surface area (Å²) >= 11 is 0. The van der Waals surface area contributed by atoms with E-state index in [2.05, 4.69) is 0 Å². The molecular weight excluding hydrogens is 728 g/mol. The van der Waals surface area contributed by atoms with Crippen molar-refractivity contribution >= 4 is 16.8 Å². The van der Waals surface area contributed by atoms with Gasteiger partial charge >= 0.3 is 0 Å². The van der Waals surface area contributed by atoms with E-state index in [1.165, 1.54) is 32.0 Å². The number of ketones is 1. The lowest BCUT2D eigenvalue weighted by molar-refractivity contribution is -0.232. The number of aryl methyl sites for hydroxylation is 3. The number of aliphatic hydroxyl groups excluding tert-OH is 8. The number of phenols is 4. The lowest BCUT2D eigenvalue weighted by atomic mass is 9.86. The van der Waals surface area contributed by atoms with Gasteiger partial charge in [-0.25, -0.2) is 0 Å². The number of Topliss-reactive ketones (excluding diaryl/α,β-unsaturated/α-hetero) is 1. The van der Waals surface area contributed by atoms with Crippen LogP contribution in [0.15, 0.2) is 39.5 Å². The van der Waals surface area contributed by atoms with E-state index in [4.69, 9.17) is 13.9 Å². The summed E-state index contributed by atoms with van der Waals surface area (Å²) in [5.74, 6) is -3.57. The van der Waals surface area contributed by atoms with E-state index in [0.29, 0.717) is 5.56 Å². The van der Waals surface area contributed by atoms with Crippen LogP contribution in [0.2, 0.25) is 0 Å². The molecule has 2 fully saturated rings. The summed E-state index contributed by atoms with van der Waals surface area (Å²) in [6.45, 7) is 2.92. The Morgan fingerprint density at radius 2 is 1.18 bits per heavy atom. The van der Waals surface area contributed by atoms with Crippen molar-refractivity contribution in [2.24, 2.45) is 0 Å². The molecule has 0 aliphatic carbocycles. The molecule has 0 bridgehead atoms. The van der Waals surface area contributed by atoms with E-state index >= 15 is 0 Å². The summed E-state index contributed by atoms with van der Waals surface area (Å²) in [7, 11) is 0. The Kier molecular flexibility index (Phi) is 11.0. The summed E-state index contributed by atoms with van der Waals surface area (Å²) in [5, 5.41) is 127. The maximum absolute atomic E-state index is 14.1. The van der Waals surface area contributed by atoms with Gasteiger partial charge in [-0.1, -0.05) is 6.07 Å². The first-order valence-corrected chi connectivity index (χ1v) is 17.2. The van der Waals surface area contributed by atoms with Gasteiger partial charge in [0.1, 0.15) is 95.4 Å². The van der Waals surface area contributed by atoms with Gasteiger partial charge in [0.05, 0.1) is 40.9 Å². The Bertz CT molecular complexity index is 2190. The highest BCUT2D eigenvalue weighted by Gasteiger charge is 2.47. The molecule has 1 aromatic heterocycles. The Balaban J connectivity index is 1.48. The maximum atomic E-state index is 14.1. The van der Waals surface area contributed by atoms with Crippen LogP contribution in [0.5, 0.6) is 23.0 Å². The highest BCUT2D eigenvalue weighted by molar-refractivity contribution is 6.03. The van der Waals surface area contributed by atoms with E-state index in [0.717, 1.165) is 12.1 Å². The van der Waals surface area contributed by atoms with Gasteiger partial charge in [-0.3, -0.25) is 9.59 Å². The largest absolute Gasteiger partial charge is 0.507 e. The van der Waals surface area contributed by atoms with Crippen LogP contribution in [0.3, 0.4) is 0 Å². The van der Waals surface area contributed by atoms with Gasteiger partial charge in [-0.05, 0) is 61.2 Å². The Labute approximate surface area is 311 Å². The second-order valence-electron chi connectivity index (χ2n) is 14.1. The first-order valence-electron chi connectivity index (χ1n) is 17.2. The second kappa shape index (κ2) is 15.1. The van der Waals surface area contributed by atoms with Crippen molar-refractivity contribution in [1.29, 1.82) is 0 Å². The van der Waals surface area contributed by atoms with Crippen LogP contribution in [0.25, 0.3) is 22.3 Å². The third-order valence-corrected chi connectivity index (χ3v) is 10.3. The molecule has 10 atom stereocenters. The van der Waals surface area contributed by atoms with Crippen LogP contribution in [0.4, 0.5) is 0 Å². The average molecular weight is 771 g/mol. The van der Waals surface area contributed by atoms with Crippen LogP contribution in [-0.4, -0.2) is 129 Å². The second-order valence-corrected chi connectivity index (χ2v) is 14.1. The van der Waals surface area contributed by atoms with Crippen LogP contribution in [0, 0.1) is 20.8 Å². The minimum absolute atomic E-state index is 0.0672. The van der Waals surface area contributed by atoms with E-state index in [1.807, 2.05) is 0 Å². The zero-order valence-corrected chi connectivity index (χ0v) is 29.7. The van der Waals surface area contributed by atoms with Gasteiger partial charge in [0.25, 0.3) is 0 Å². The smallest absolute Gasteiger partial charge is 0.193 e. The predicted octanol–water partition coefficient (Wildman–Crippen LogP) is -0.337. The van der Waals surface area contributed by atoms with Crippen molar-refractivity contribution in [3.8, 4) is 34.3 Å². The van der Waals surface area contributed by atoms with Crippen LogP contribution in [-0.2, 0) is 15.9 Å². The van der Waals surface area contributed by atoms with Gasteiger partial charge in [-0.15, -0.1) is 0 Å². The number of phenolic OH excluding ortho intramolecular Hbond substituents is 4. The normalized spacial score (nSPS) is 28.4. The molecule has 0 unspecified atom stereocenters. The summed E-state index contributed by atoms with van der Waals surface area (Å²) in [6.07, 6.45) is -17.7. The summed E-state index contributed by atoms with van der Waals surface area (Å²) in [5.41, 5.74) is -1.54. The summed E-state index contributed by atoms with van der Waals surface area (Å²) in [4.78, 5) is 27.9. The molecule has 0 amide bonds. The molecule has 17 heteroatoms. The Hall–Kier alpha value is -4.66. The third-order valence-electron chi connectivity index (χ3n) is 10.3. The van der Waals surface area contributed by atoms with Gasteiger partial charge in [0, 0.05) is 12.5 Å². The molecule has 12 N–H and O–H groups in total. The zero-order chi connectivity index (χ0) is 40.4. The molecule has 6 rings (SSSR count). The minimum Gasteiger partial charge on any atom is -0.507 e. The number of aromatic hydroxyl groups is 4. The molecule has 2 aliphatic rings. The lowest BCUT2D eigenvalue weighted by Gasteiger charge is -2.40. The molecule has 0 spiro atoms. The number of benzene rings is 3. The van der Waals surface area contributed by atoms with Crippen LogP contribution in [0.1, 0.15) is 55.9 Å². The summed E-state index contributed by atoms with van der Waals surface area (Å²) < 4.78 is 17.4. The minimum atomic E-state index is -1.91. The van der Waals surface area contributed by atoms with Crippen molar-refractivity contribution < 1.29 is 80.0 Å². The maximum Gasteiger partial charge on any atom is 0.193 e. The molecule has 0 radical (unpaired) electrons. The van der Waals surface area contributed by atoms with E-state index in [1.54, 1.807) is 6.92 Å². The number of hydrogen-bond donors (Lipinski definition) is 12. The van der Waals surface area contributed by atoms with E-state index < -0.39 is 120 Å². The number of aliphatic hydroxyl groups is 8. The number of carbonyl (C=O) groups is 1. The average Bonchev–Trinajstić information content (AvgIpc) is 3.10. The van der Waals surface area contributed by atoms with Gasteiger partial charge in [0.2, 0.25) is 0 Å². The van der Waals surface area contributed by atoms with Gasteiger partial charge in [0.15, 0.2) is 11.2 Å². The molecule has 55 heavy (non-hydrogen) atoms. The fraction of sp³-hybridized carbons (Fsp3) is 0.421. The highest BCUT2D eigenvalue weighted by atomic mass is 16.6. The molecular formula is C38H42O17. The van der Waals surface area contributed by atoms with E-state index in [9.17, 15) is 70.9 Å². The first-order chi connectivity index (χ1) is 25.9. The number of ether oxygens (including phenoxy) is 2. The molecule has 3 heterocycles. The van der Waals surface area contributed by atoms with Gasteiger partial charge < -0.3 is 75.2 Å². The molecule has 2 saturated heterocycles. The molecule has 2 aliphatic heterocycles. The molecule has 17 nitrogen and oxygen atoms in total. The van der Waals surface area contributed by atoms with E-state index in [-0.39, 0.29) is 50.1 Å². The van der Waals surface area contributed by atoms with Crippen molar-refractivity contribution in [1.82, 2.24) is 0 Å². The Morgan fingerprint density at radius 3 is 1.75 bits per heavy atom. The molecule has 296 valence electrons. The quantitative estimate of drug-likeness (QED) is 0.102. The van der Waals surface area contributed by atoms with Crippen LogP contribution < -0.4 is 5.43 Å². The van der Waals surface area contributed by atoms with Crippen molar-refractivity contribution in [2.45, 2.75) is 88.2 Å². The monoisotopic (exact) mass is 770 g/mol. The lowest BCUT2D eigenvalue weighted by Crippen LogP contribution is -2.55. The molecule has 3 aromatic carbocycles. The third kappa shape index (κ3) is 6.82. The number of carbonyl (C=O) groups excluding carboxylic acids is 1. The van der Waals surface area contributed by atoms with Crippen molar-refractivity contribution in [3.63, 3.8) is 0 Å². The molecule has 4 aromatic rings. The summed E-state index contributed by atoms with van der Waals surface area (Å²) in [6, 6.07) is 6.15. The standard InChI is InChI=1S/C38H42O17/c1-12-4-15(8-19(44)24-13(2)6-17(42)27(31(24)48)37-34(51)32(49)29(46)22(10-39)54-37)26(16(41)5-12)21-9-20(45)25-14(3)7-18(43)28(36(25)53-21)38-35(52)33(50)30(47)23(11-40)55-38/h4-7,9,22-23,29-30,32-35,37-43,46-52H,8,10-11H2,1-3H3/t22-,23-,29-,30-,32+,33+,34-,35-,37+,38+/m1/s1. The van der Waals surface area contributed by atoms with Crippen molar-refractivity contribution in [3.05, 3.63) is 79.5 Å². The van der Waals surface area contributed by atoms with Gasteiger partial charge in [-0.2, -0.15) is 0 Å². The van der Waals surface area contributed by atoms with Crippen molar-refractivity contribution in [2.75, 3.05) is 13.2 Å². The topological polar surface area (TPSA) is 308 Å². The predicted molar refractivity (Wildman–Crippen MR) is 189 cm³/mol. The number of rotatable bonds is 8. The first kappa shape index (κ1) is 40.0. The number of fused-ring (bicyclic) bond motifs is 1. The Morgan fingerprint density at radius 1 is 0.655 bits per heavy atom. The highest BCUT2D eigenvalue weighted by Crippen LogP contribution is 2.46. The molecule has 0 saturated carbocycles.